The van der Waals surface area contributed by atoms with E-state index in [1.165, 1.54) is 16.6 Å². The summed E-state index contributed by atoms with van der Waals surface area (Å²) in [6.07, 6.45) is 0.375. The molecule has 0 saturated carbocycles. The molecule has 4 aromatic rings. The van der Waals surface area contributed by atoms with E-state index < -0.39 is 17.6 Å². The summed E-state index contributed by atoms with van der Waals surface area (Å²) < 4.78 is 42.2. The Morgan fingerprint density at radius 2 is 1.92 bits per heavy atom. The topological polar surface area (TPSA) is 74.6 Å². The van der Waals surface area contributed by atoms with E-state index >= 15 is 0 Å². The number of halogens is 4. The Hall–Kier alpha value is -3.63. The van der Waals surface area contributed by atoms with Gasteiger partial charge in [-0.25, -0.2) is 9.50 Å². The van der Waals surface area contributed by atoms with E-state index in [1.807, 2.05) is 17.9 Å². The van der Waals surface area contributed by atoms with Crippen molar-refractivity contribution in [3.8, 4) is 11.1 Å². The lowest BCUT2D eigenvalue weighted by atomic mass is 10.0. The monoisotopic (exact) mass is 542 g/mol. The molecule has 0 bridgehead atoms. The highest BCUT2D eigenvalue weighted by Crippen LogP contribution is 2.36. The number of rotatable bonds is 6. The fourth-order valence-corrected chi connectivity index (χ4v) is 4.93. The third-order valence-electron chi connectivity index (χ3n) is 6.64. The van der Waals surface area contributed by atoms with Gasteiger partial charge in [-0.1, -0.05) is 30.7 Å². The van der Waals surface area contributed by atoms with Crippen molar-refractivity contribution in [1.82, 2.24) is 19.9 Å². The number of amides is 1. The van der Waals surface area contributed by atoms with Gasteiger partial charge in [-0.3, -0.25) is 4.79 Å². The molecule has 1 aliphatic heterocycles. The molecular formula is C27H26ClF3N6O. The van der Waals surface area contributed by atoms with Crippen LogP contribution in [0.4, 0.5) is 24.5 Å². The van der Waals surface area contributed by atoms with Crippen LogP contribution in [0.25, 0.3) is 16.8 Å². The quantitative estimate of drug-likeness (QED) is 0.317. The Labute approximate surface area is 222 Å². The first kappa shape index (κ1) is 26.0. The molecule has 2 aromatic carbocycles. The number of anilines is 2. The molecule has 7 nitrogen and oxygen atoms in total. The van der Waals surface area contributed by atoms with E-state index in [2.05, 4.69) is 20.7 Å². The number of nitrogens with zero attached hydrogens (tertiary/aromatic N) is 4. The third kappa shape index (κ3) is 5.46. The Morgan fingerprint density at radius 3 is 2.63 bits per heavy atom. The van der Waals surface area contributed by atoms with Crippen LogP contribution < -0.4 is 15.5 Å². The molecule has 2 N–H and O–H groups in total. The second-order valence-corrected chi connectivity index (χ2v) is 9.59. The minimum absolute atomic E-state index is 0.0514. The van der Waals surface area contributed by atoms with Gasteiger partial charge in [0, 0.05) is 35.9 Å². The largest absolute Gasteiger partial charge is 0.416 e. The summed E-state index contributed by atoms with van der Waals surface area (Å²) in [6.45, 7) is 4.23. The number of aromatic nitrogens is 3. The van der Waals surface area contributed by atoms with Crippen LogP contribution in [0, 0.1) is 0 Å². The molecule has 11 heteroatoms. The van der Waals surface area contributed by atoms with E-state index in [0.29, 0.717) is 41.1 Å². The zero-order valence-corrected chi connectivity index (χ0v) is 21.4. The highest BCUT2D eigenvalue weighted by atomic mass is 35.5. The molecule has 1 fully saturated rings. The summed E-state index contributed by atoms with van der Waals surface area (Å²) in [5.41, 5.74) is 1.74. The summed E-state index contributed by atoms with van der Waals surface area (Å²) in [5, 5.41) is 10.9. The van der Waals surface area contributed by atoms with Gasteiger partial charge in [-0.05, 0) is 61.3 Å². The fourth-order valence-electron chi connectivity index (χ4n) is 4.74. The van der Waals surface area contributed by atoms with E-state index in [9.17, 15) is 18.0 Å². The molecule has 0 unspecified atom stereocenters. The number of carbonyl (C=O) groups is 1. The van der Waals surface area contributed by atoms with Crippen molar-refractivity contribution < 1.29 is 18.0 Å². The average molecular weight is 543 g/mol. The first-order valence-corrected chi connectivity index (χ1v) is 12.7. The lowest BCUT2D eigenvalue weighted by molar-refractivity contribution is -0.137. The van der Waals surface area contributed by atoms with Crippen LogP contribution in [0.1, 0.15) is 35.8 Å². The van der Waals surface area contributed by atoms with Crippen molar-refractivity contribution in [1.29, 1.82) is 0 Å². The van der Waals surface area contributed by atoms with E-state index in [4.69, 9.17) is 11.6 Å². The Balaban J connectivity index is 1.45. The molecule has 38 heavy (non-hydrogen) atoms. The number of alkyl halides is 3. The Morgan fingerprint density at radius 1 is 1.13 bits per heavy atom. The molecule has 3 heterocycles. The smallest absolute Gasteiger partial charge is 0.370 e. The number of hydrogen-bond acceptors (Lipinski definition) is 5. The number of hydrogen-bond donors (Lipinski definition) is 2. The van der Waals surface area contributed by atoms with Gasteiger partial charge in [0.15, 0.2) is 5.65 Å². The van der Waals surface area contributed by atoms with E-state index in [-0.39, 0.29) is 11.4 Å². The lowest BCUT2D eigenvalue weighted by Crippen LogP contribution is -2.42. The zero-order chi connectivity index (χ0) is 26.9. The maximum atomic E-state index is 13.5. The summed E-state index contributed by atoms with van der Waals surface area (Å²) in [4.78, 5) is 19.8. The van der Waals surface area contributed by atoms with Gasteiger partial charge in [-0.2, -0.15) is 18.3 Å². The van der Waals surface area contributed by atoms with Crippen molar-refractivity contribution in [3.05, 3.63) is 77.2 Å². The van der Waals surface area contributed by atoms with Crippen LogP contribution in [0.5, 0.6) is 0 Å². The van der Waals surface area contributed by atoms with Crippen molar-refractivity contribution in [2.45, 2.75) is 32.0 Å². The Kier molecular flexibility index (Phi) is 7.27. The van der Waals surface area contributed by atoms with Gasteiger partial charge in [0.25, 0.3) is 5.91 Å². The molecule has 2 aromatic heterocycles. The zero-order valence-electron chi connectivity index (χ0n) is 20.6. The highest BCUT2D eigenvalue weighted by Gasteiger charge is 2.32. The molecule has 1 saturated heterocycles. The van der Waals surface area contributed by atoms with Gasteiger partial charge in [-0.15, -0.1) is 0 Å². The van der Waals surface area contributed by atoms with Crippen molar-refractivity contribution in [3.63, 3.8) is 0 Å². The van der Waals surface area contributed by atoms with Crippen LogP contribution in [0.3, 0.4) is 0 Å². The molecule has 0 atom stereocenters. The minimum Gasteiger partial charge on any atom is -0.370 e. The van der Waals surface area contributed by atoms with Crippen molar-refractivity contribution in [2.75, 3.05) is 29.9 Å². The highest BCUT2D eigenvalue weighted by molar-refractivity contribution is 6.30. The number of fused-ring (bicyclic) bond motifs is 1. The van der Waals surface area contributed by atoms with Crippen molar-refractivity contribution >= 4 is 34.5 Å². The molecular weight excluding hydrogens is 517 g/mol. The lowest BCUT2D eigenvalue weighted by Gasteiger charge is -2.35. The standard InChI is InChI=1S/C27H26ClF3N6O/c1-2-32-20-8-11-36(12-9-20)24-7-6-18(27(29,30)31)15-23(24)35-26(38)22-10-13-37-25(34-22)21(16-33-37)17-4-3-5-19(28)14-17/h3-7,10,13-16,20,32H,2,8-9,11-12H2,1H3,(H,35,38). The summed E-state index contributed by atoms with van der Waals surface area (Å²) in [6, 6.07) is 12.5. The predicted octanol–water partition coefficient (Wildman–Crippen LogP) is 5.90. The van der Waals surface area contributed by atoms with Gasteiger partial charge in [0.1, 0.15) is 5.69 Å². The number of piperidine rings is 1. The maximum absolute atomic E-state index is 13.5. The van der Waals surface area contributed by atoms with E-state index in [0.717, 1.165) is 37.1 Å². The summed E-state index contributed by atoms with van der Waals surface area (Å²) in [5.74, 6) is -0.617. The van der Waals surface area contributed by atoms with Crippen LogP contribution in [0.2, 0.25) is 5.02 Å². The molecule has 0 spiro atoms. The van der Waals surface area contributed by atoms with Gasteiger partial charge in [0.2, 0.25) is 0 Å². The summed E-state index contributed by atoms with van der Waals surface area (Å²) >= 11 is 6.13. The van der Waals surface area contributed by atoms with E-state index in [1.54, 1.807) is 30.6 Å². The third-order valence-corrected chi connectivity index (χ3v) is 6.87. The van der Waals surface area contributed by atoms with Crippen LogP contribution in [0.15, 0.2) is 60.9 Å². The van der Waals surface area contributed by atoms with Crippen LogP contribution in [-0.2, 0) is 6.18 Å². The molecule has 5 rings (SSSR count). The molecule has 198 valence electrons. The van der Waals surface area contributed by atoms with Crippen LogP contribution >= 0.6 is 11.6 Å². The number of nitrogens with one attached hydrogen (secondary N) is 2. The van der Waals surface area contributed by atoms with Gasteiger partial charge >= 0.3 is 6.18 Å². The van der Waals surface area contributed by atoms with Crippen molar-refractivity contribution in [2.24, 2.45) is 0 Å². The first-order chi connectivity index (χ1) is 18.2. The normalized spacial score (nSPS) is 14.7. The SMILES string of the molecule is CCNC1CCN(c2ccc(C(F)(F)F)cc2NC(=O)c2ccn3ncc(-c4cccc(Cl)c4)c3n2)CC1. The molecule has 1 amide bonds. The maximum Gasteiger partial charge on any atom is 0.416 e. The Bertz CT molecular complexity index is 1460. The first-order valence-electron chi connectivity index (χ1n) is 12.3. The second-order valence-electron chi connectivity index (χ2n) is 9.15. The number of carbonyl (C=O) groups excluding carboxylic acids is 1. The average Bonchev–Trinajstić information content (AvgIpc) is 3.32. The van der Waals surface area contributed by atoms with Gasteiger partial charge in [0.05, 0.1) is 23.1 Å². The second kappa shape index (κ2) is 10.6. The minimum atomic E-state index is -4.54. The fraction of sp³-hybridized carbons (Fsp3) is 0.296. The molecule has 0 radical (unpaired) electrons. The molecule has 1 aliphatic rings. The molecule has 0 aliphatic carbocycles. The predicted molar refractivity (Wildman–Crippen MR) is 142 cm³/mol. The van der Waals surface area contributed by atoms with Crippen LogP contribution in [-0.4, -0.2) is 46.2 Å². The number of benzene rings is 2. The summed E-state index contributed by atoms with van der Waals surface area (Å²) in [7, 11) is 0. The van der Waals surface area contributed by atoms with Gasteiger partial charge < -0.3 is 15.5 Å².